The minimum Gasteiger partial charge on any atom is -0.496 e. The lowest BCUT2D eigenvalue weighted by Gasteiger charge is -2.32. The van der Waals surface area contributed by atoms with Gasteiger partial charge in [0.05, 0.1) is 25.2 Å². The van der Waals surface area contributed by atoms with E-state index < -0.39 is 0 Å². The van der Waals surface area contributed by atoms with E-state index in [1.807, 2.05) is 25.1 Å². The fraction of sp³-hybridized carbons (Fsp3) is 0.556. The number of nitrogens with zero attached hydrogens (tertiary/aromatic N) is 1. The minimum absolute atomic E-state index is 0.0776. The quantitative estimate of drug-likeness (QED) is 0.783. The van der Waals surface area contributed by atoms with Gasteiger partial charge in [-0.1, -0.05) is 13.0 Å². The molecule has 0 radical (unpaired) electrons. The van der Waals surface area contributed by atoms with E-state index in [0.29, 0.717) is 31.0 Å². The second kappa shape index (κ2) is 7.99. The van der Waals surface area contributed by atoms with Crippen molar-refractivity contribution in [2.75, 3.05) is 26.8 Å². The van der Waals surface area contributed by atoms with Crippen LogP contribution in [0.3, 0.4) is 0 Å². The Morgan fingerprint density at radius 2 is 2.09 bits per heavy atom. The molecule has 2 rings (SSSR count). The normalized spacial score (nSPS) is 17.7. The Labute approximate surface area is 137 Å². The van der Waals surface area contributed by atoms with Gasteiger partial charge in [0.2, 0.25) is 0 Å². The third-order valence-electron chi connectivity index (χ3n) is 4.23. The zero-order valence-corrected chi connectivity index (χ0v) is 14.1. The molecule has 0 bridgehead atoms. The maximum Gasteiger partial charge on any atom is 0.310 e. The van der Waals surface area contributed by atoms with Crippen LogP contribution in [0.5, 0.6) is 5.75 Å². The van der Waals surface area contributed by atoms with Gasteiger partial charge in [0.15, 0.2) is 0 Å². The Kier molecular flexibility index (Phi) is 6.02. The Balaban J connectivity index is 2.17. The van der Waals surface area contributed by atoms with Gasteiger partial charge in [0.1, 0.15) is 5.75 Å². The van der Waals surface area contributed by atoms with E-state index in [9.17, 15) is 9.59 Å². The molecule has 1 saturated heterocycles. The molecule has 0 aromatic heterocycles. The van der Waals surface area contributed by atoms with Crippen LogP contribution < -0.4 is 4.74 Å². The first-order chi connectivity index (χ1) is 11.1. The predicted molar refractivity (Wildman–Crippen MR) is 87.6 cm³/mol. The van der Waals surface area contributed by atoms with E-state index in [1.54, 1.807) is 18.9 Å². The van der Waals surface area contributed by atoms with Gasteiger partial charge in [-0.25, -0.2) is 0 Å². The number of methoxy groups -OCH3 is 1. The van der Waals surface area contributed by atoms with Crippen LogP contribution in [0.15, 0.2) is 18.2 Å². The molecule has 1 aromatic carbocycles. The highest BCUT2D eigenvalue weighted by molar-refractivity contribution is 5.97. The molecule has 1 aliphatic rings. The zero-order chi connectivity index (χ0) is 16.8. The highest BCUT2D eigenvalue weighted by Gasteiger charge is 2.30. The van der Waals surface area contributed by atoms with Gasteiger partial charge in [-0.15, -0.1) is 0 Å². The van der Waals surface area contributed by atoms with Crippen LogP contribution >= 0.6 is 0 Å². The van der Waals surface area contributed by atoms with Crippen molar-refractivity contribution in [3.8, 4) is 5.75 Å². The highest BCUT2D eigenvalue weighted by atomic mass is 16.5. The summed E-state index contributed by atoms with van der Waals surface area (Å²) in [6, 6.07) is 5.68. The lowest BCUT2D eigenvalue weighted by molar-refractivity contribution is -0.149. The molecule has 0 saturated carbocycles. The third kappa shape index (κ3) is 4.03. The summed E-state index contributed by atoms with van der Waals surface area (Å²) >= 11 is 0. The molecule has 23 heavy (non-hydrogen) atoms. The molecule has 5 nitrogen and oxygen atoms in total. The largest absolute Gasteiger partial charge is 0.496 e. The molecule has 1 fully saturated rings. The van der Waals surface area contributed by atoms with Crippen LogP contribution in [0.4, 0.5) is 0 Å². The van der Waals surface area contributed by atoms with Crippen molar-refractivity contribution >= 4 is 11.9 Å². The van der Waals surface area contributed by atoms with Gasteiger partial charge >= 0.3 is 5.97 Å². The first-order valence-electron chi connectivity index (χ1n) is 8.23. The number of hydrogen-bond donors (Lipinski definition) is 0. The lowest BCUT2D eigenvalue weighted by atomic mass is 9.97. The van der Waals surface area contributed by atoms with Gasteiger partial charge in [-0.05, 0) is 43.9 Å². The Hall–Kier alpha value is -2.04. The zero-order valence-electron chi connectivity index (χ0n) is 14.1. The van der Waals surface area contributed by atoms with Crippen molar-refractivity contribution in [3.05, 3.63) is 29.3 Å². The number of piperidine rings is 1. The SMILES string of the molecule is CCOC(=O)C1CCCN(C(=O)c2cc(CC)ccc2OC)C1. The predicted octanol–water partition coefficient (Wildman–Crippen LogP) is 2.67. The fourth-order valence-corrected chi connectivity index (χ4v) is 2.93. The number of esters is 1. The number of rotatable bonds is 5. The van der Waals surface area contributed by atoms with Gasteiger partial charge in [-0.3, -0.25) is 9.59 Å². The first kappa shape index (κ1) is 17.3. The smallest absolute Gasteiger partial charge is 0.310 e. The van der Waals surface area contributed by atoms with E-state index in [-0.39, 0.29) is 17.8 Å². The molecule has 1 atom stereocenters. The summed E-state index contributed by atoms with van der Waals surface area (Å²) in [5.74, 6) is 0.0592. The van der Waals surface area contributed by atoms with Gasteiger partial charge < -0.3 is 14.4 Å². The summed E-state index contributed by atoms with van der Waals surface area (Å²) in [7, 11) is 1.56. The second-order valence-corrected chi connectivity index (χ2v) is 5.73. The van der Waals surface area contributed by atoms with Crippen LogP contribution in [0, 0.1) is 5.92 Å². The number of aryl methyl sites for hydroxylation is 1. The molecule has 0 spiro atoms. The molecule has 0 N–H and O–H groups in total. The number of likely N-dealkylation sites (tertiary alicyclic amines) is 1. The topological polar surface area (TPSA) is 55.8 Å². The Bertz CT molecular complexity index is 570. The molecule has 5 heteroatoms. The number of amides is 1. The summed E-state index contributed by atoms with van der Waals surface area (Å²) < 4.78 is 10.4. The average molecular weight is 319 g/mol. The van der Waals surface area contributed by atoms with Crippen molar-refractivity contribution in [2.45, 2.75) is 33.1 Å². The molecule has 1 amide bonds. The van der Waals surface area contributed by atoms with Gasteiger partial charge in [0, 0.05) is 13.1 Å². The number of carbonyl (C=O) groups is 2. The van der Waals surface area contributed by atoms with Crippen molar-refractivity contribution in [1.29, 1.82) is 0 Å². The second-order valence-electron chi connectivity index (χ2n) is 5.73. The first-order valence-corrected chi connectivity index (χ1v) is 8.23. The summed E-state index contributed by atoms with van der Waals surface area (Å²) in [6.07, 6.45) is 2.44. The van der Waals surface area contributed by atoms with E-state index in [4.69, 9.17) is 9.47 Å². The van der Waals surface area contributed by atoms with Crippen molar-refractivity contribution in [2.24, 2.45) is 5.92 Å². The fourth-order valence-electron chi connectivity index (χ4n) is 2.93. The minimum atomic E-state index is -0.229. The molecule has 126 valence electrons. The monoisotopic (exact) mass is 319 g/mol. The summed E-state index contributed by atoms with van der Waals surface area (Å²) in [6.45, 7) is 5.29. The van der Waals surface area contributed by atoms with E-state index >= 15 is 0 Å². The van der Waals surface area contributed by atoms with Crippen molar-refractivity contribution < 1.29 is 19.1 Å². The lowest BCUT2D eigenvalue weighted by Crippen LogP contribution is -2.43. The van der Waals surface area contributed by atoms with E-state index in [1.165, 1.54) is 0 Å². The van der Waals surface area contributed by atoms with Crippen LogP contribution in [0.25, 0.3) is 0 Å². The summed E-state index contributed by atoms with van der Waals surface area (Å²) in [4.78, 5) is 26.5. The number of carbonyl (C=O) groups excluding carboxylic acids is 2. The molecule has 1 aromatic rings. The Morgan fingerprint density at radius 3 is 2.74 bits per heavy atom. The van der Waals surface area contributed by atoms with E-state index in [2.05, 4.69) is 0 Å². The molecule has 1 aliphatic heterocycles. The van der Waals surface area contributed by atoms with E-state index in [0.717, 1.165) is 24.8 Å². The van der Waals surface area contributed by atoms with Crippen molar-refractivity contribution in [1.82, 2.24) is 4.90 Å². The summed E-state index contributed by atoms with van der Waals surface area (Å²) in [5, 5.41) is 0. The average Bonchev–Trinajstić information content (AvgIpc) is 2.60. The summed E-state index contributed by atoms with van der Waals surface area (Å²) in [5.41, 5.74) is 1.66. The molecule has 1 unspecified atom stereocenters. The molecule has 0 aliphatic carbocycles. The van der Waals surface area contributed by atoms with Gasteiger partial charge in [-0.2, -0.15) is 0 Å². The molecular formula is C18H25NO4. The number of benzene rings is 1. The standard InChI is InChI=1S/C18H25NO4/c1-4-13-8-9-16(22-3)15(11-13)17(20)19-10-6-7-14(12-19)18(21)23-5-2/h8-9,11,14H,4-7,10,12H2,1-3H3. The van der Waals surface area contributed by atoms with Crippen LogP contribution in [-0.4, -0.2) is 43.6 Å². The van der Waals surface area contributed by atoms with Crippen LogP contribution in [-0.2, 0) is 16.0 Å². The third-order valence-corrected chi connectivity index (χ3v) is 4.23. The van der Waals surface area contributed by atoms with Gasteiger partial charge in [0.25, 0.3) is 5.91 Å². The maximum absolute atomic E-state index is 12.9. The van der Waals surface area contributed by atoms with Crippen LogP contribution in [0.2, 0.25) is 0 Å². The maximum atomic E-state index is 12.9. The van der Waals surface area contributed by atoms with Crippen LogP contribution in [0.1, 0.15) is 42.6 Å². The van der Waals surface area contributed by atoms with Crippen molar-refractivity contribution in [3.63, 3.8) is 0 Å². The highest BCUT2D eigenvalue weighted by Crippen LogP contribution is 2.25. The number of ether oxygens (including phenoxy) is 2. The number of hydrogen-bond acceptors (Lipinski definition) is 4. The molecule has 1 heterocycles. The molecular weight excluding hydrogens is 294 g/mol. The Morgan fingerprint density at radius 1 is 1.30 bits per heavy atom.